The van der Waals surface area contributed by atoms with E-state index in [0.29, 0.717) is 25.3 Å². The van der Waals surface area contributed by atoms with E-state index in [1.165, 1.54) is 6.07 Å². The van der Waals surface area contributed by atoms with Gasteiger partial charge in [-0.15, -0.1) is 0 Å². The predicted octanol–water partition coefficient (Wildman–Crippen LogP) is 3.34. The molecular formula is C14H18F3NO. The number of halogens is 3. The maximum absolute atomic E-state index is 12.5. The highest BCUT2D eigenvalue weighted by Crippen LogP contribution is 2.29. The molecule has 0 aromatic heterocycles. The predicted molar refractivity (Wildman–Crippen MR) is 69.8 cm³/mol. The van der Waals surface area contributed by atoms with Gasteiger partial charge in [0.25, 0.3) is 0 Å². The van der Waals surface area contributed by atoms with Gasteiger partial charge >= 0.3 is 6.18 Å². The van der Waals surface area contributed by atoms with Crippen molar-refractivity contribution in [2.75, 3.05) is 26.8 Å². The van der Waals surface area contributed by atoms with E-state index in [4.69, 9.17) is 4.74 Å². The lowest BCUT2D eigenvalue weighted by atomic mass is 10.1. The number of rotatable bonds is 6. The Kier molecular flexibility index (Phi) is 6.05. The van der Waals surface area contributed by atoms with E-state index in [1.54, 1.807) is 19.3 Å². The quantitative estimate of drug-likeness (QED) is 0.803. The second kappa shape index (κ2) is 7.31. The molecule has 2 nitrogen and oxygen atoms in total. The van der Waals surface area contributed by atoms with Crippen LogP contribution in [-0.4, -0.2) is 26.8 Å². The first-order chi connectivity index (χ1) is 8.93. The largest absolute Gasteiger partial charge is 0.416 e. The van der Waals surface area contributed by atoms with Crippen LogP contribution in [0, 0.1) is 0 Å². The van der Waals surface area contributed by atoms with Crippen LogP contribution in [0.2, 0.25) is 0 Å². The molecule has 1 aromatic carbocycles. The fourth-order valence-electron chi connectivity index (χ4n) is 1.60. The summed E-state index contributed by atoms with van der Waals surface area (Å²) in [5, 5.41) is 3.14. The zero-order chi connectivity index (χ0) is 14.3. The Labute approximate surface area is 111 Å². The van der Waals surface area contributed by atoms with E-state index < -0.39 is 11.7 Å². The number of ether oxygens (including phenoxy) is 1. The normalized spacial score (nSPS) is 12.8. The minimum Gasteiger partial charge on any atom is -0.383 e. The Bertz CT molecular complexity index is 427. The Morgan fingerprint density at radius 2 is 2.11 bits per heavy atom. The lowest BCUT2D eigenvalue weighted by molar-refractivity contribution is -0.137. The molecule has 0 amide bonds. The number of nitrogens with one attached hydrogen (secondary N) is 1. The van der Waals surface area contributed by atoms with E-state index in [9.17, 15) is 13.2 Å². The van der Waals surface area contributed by atoms with Gasteiger partial charge in [-0.2, -0.15) is 13.2 Å². The van der Waals surface area contributed by atoms with Gasteiger partial charge < -0.3 is 10.1 Å². The topological polar surface area (TPSA) is 21.3 Å². The summed E-state index contributed by atoms with van der Waals surface area (Å²) in [6.07, 6.45) is -2.55. The van der Waals surface area contributed by atoms with Crippen LogP contribution in [0.1, 0.15) is 18.1 Å². The summed E-state index contributed by atoms with van der Waals surface area (Å²) in [6.45, 7) is 3.82. The fourth-order valence-corrected chi connectivity index (χ4v) is 1.60. The van der Waals surface area contributed by atoms with Gasteiger partial charge in [0.15, 0.2) is 0 Å². The third-order valence-electron chi connectivity index (χ3n) is 2.51. The molecule has 0 aliphatic carbocycles. The van der Waals surface area contributed by atoms with E-state index in [-0.39, 0.29) is 0 Å². The van der Waals surface area contributed by atoms with Gasteiger partial charge in [-0.05, 0) is 24.6 Å². The van der Waals surface area contributed by atoms with Crippen molar-refractivity contribution in [3.05, 3.63) is 41.0 Å². The van der Waals surface area contributed by atoms with Gasteiger partial charge in [-0.25, -0.2) is 0 Å². The first-order valence-corrected chi connectivity index (χ1v) is 5.97. The third kappa shape index (κ3) is 5.89. The average molecular weight is 273 g/mol. The van der Waals surface area contributed by atoms with Crippen LogP contribution in [0.15, 0.2) is 29.8 Å². The summed E-state index contributed by atoms with van der Waals surface area (Å²) in [5.74, 6) is 0. The highest BCUT2D eigenvalue weighted by Gasteiger charge is 2.30. The van der Waals surface area contributed by atoms with Crippen molar-refractivity contribution in [2.45, 2.75) is 13.1 Å². The number of alkyl halides is 3. The van der Waals surface area contributed by atoms with Gasteiger partial charge in [-0.3, -0.25) is 0 Å². The molecule has 0 radical (unpaired) electrons. The van der Waals surface area contributed by atoms with Gasteiger partial charge in [0.05, 0.1) is 12.2 Å². The van der Waals surface area contributed by atoms with Crippen molar-refractivity contribution in [3.8, 4) is 0 Å². The standard InChI is InChI=1S/C14H18F3NO/c1-11(10-18-6-7-19-2)8-12-4-3-5-13(9-12)14(15,16)17/h3-5,8-9,18H,6-7,10H2,1-2H3. The first kappa shape index (κ1) is 15.7. The molecule has 0 aliphatic rings. The molecule has 1 aromatic rings. The average Bonchev–Trinajstić information content (AvgIpc) is 2.34. The number of methoxy groups -OCH3 is 1. The lowest BCUT2D eigenvalue weighted by Gasteiger charge is -2.08. The molecule has 0 heterocycles. The zero-order valence-corrected chi connectivity index (χ0v) is 11.1. The van der Waals surface area contributed by atoms with Crippen LogP contribution < -0.4 is 5.32 Å². The van der Waals surface area contributed by atoms with Crippen LogP contribution >= 0.6 is 0 Å². The summed E-state index contributed by atoms with van der Waals surface area (Å²) in [5.41, 5.74) is 0.901. The summed E-state index contributed by atoms with van der Waals surface area (Å²) in [4.78, 5) is 0. The fraction of sp³-hybridized carbons (Fsp3) is 0.429. The lowest BCUT2D eigenvalue weighted by Crippen LogP contribution is -2.20. The highest BCUT2D eigenvalue weighted by atomic mass is 19.4. The van der Waals surface area contributed by atoms with E-state index in [1.807, 2.05) is 6.92 Å². The van der Waals surface area contributed by atoms with Gasteiger partial charge in [0.1, 0.15) is 0 Å². The molecule has 19 heavy (non-hydrogen) atoms. The Balaban J connectivity index is 2.65. The summed E-state index contributed by atoms with van der Waals surface area (Å²) in [7, 11) is 1.62. The minimum absolute atomic E-state index is 0.556. The van der Waals surface area contributed by atoms with Crippen LogP contribution in [-0.2, 0) is 10.9 Å². The van der Waals surface area contributed by atoms with Crippen molar-refractivity contribution in [3.63, 3.8) is 0 Å². The number of benzene rings is 1. The van der Waals surface area contributed by atoms with E-state index >= 15 is 0 Å². The molecule has 1 N–H and O–H groups in total. The smallest absolute Gasteiger partial charge is 0.383 e. The number of hydrogen-bond donors (Lipinski definition) is 1. The van der Waals surface area contributed by atoms with Crippen molar-refractivity contribution in [1.82, 2.24) is 5.32 Å². The zero-order valence-electron chi connectivity index (χ0n) is 11.1. The first-order valence-electron chi connectivity index (χ1n) is 5.97. The second-order valence-electron chi connectivity index (χ2n) is 4.28. The molecule has 0 fully saturated rings. The SMILES string of the molecule is COCCNCC(C)=Cc1cccc(C(F)(F)F)c1. The Morgan fingerprint density at radius 3 is 2.74 bits per heavy atom. The molecule has 0 atom stereocenters. The van der Waals surface area contributed by atoms with Crippen LogP contribution in [0.4, 0.5) is 13.2 Å². The van der Waals surface area contributed by atoms with Crippen molar-refractivity contribution >= 4 is 6.08 Å². The Hall–Kier alpha value is -1.33. The van der Waals surface area contributed by atoms with Gasteiger partial charge in [0, 0.05) is 20.2 Å². The van der Waals surface area contributed by atoms with E-state index in [0.717, 1.165) is 17.7 Å². The molecular weight excluding hydrogens is 255 g/mol. The third-order valence-corrected chi connectivity index (χ3v) is 2.51. The van der Waals surface area contributed by atoms with Crippen LogP contribution in [0.5, 0.6) is 0 Å². The molecule has 0 saturated heterocycles. The van der Waals surface area contributed by atoms with Crippen LogP contribution in [0.3, 0.4) is 0 Å². The van der Waals surface area contributed by atoms with E-state index in [2.05, 4.69) is 5.32 Å². The number of hydrogen-bond acceptors (Lipinski definition) is 2. The molecule has 1 rings (SSSR count). The Morgan fingerprint density at radius 1 is 1.37 bits per heavy atom. The highest BCUT2D eigenvalue weighted by molar-refractivity contribution is 5.53. The molecule has 0 bridgehead atoms. The molecule has 0 unspecified atom stereocenters. The maximum Gasteiger partial charge on any atom is 0.416 e. The molecule has 0 aliphatic heterocycles. The molecule has 0 spiro atoms. The molecule has 5 heteroatoms. The summed E-state index contributed by atoms with van der Waals surface area (Å²) >= 11 is 0. The van der Waals surface area contributed by atoms with Crippen LogP contribution in [0.25, 0.3) is 6.08 Å². The minimum atomic E-state index is -4.30. The monoisotopic (exact) mass is 273 g/mol. The molecule has 0 saturated carbocycles. The van der Waals surface area contributed by atoms with Gasteiger partial charge in [0.2, 0.25) is 0 Å². The van der Waals surface area contributed by atoms with Gasteiger partial charge in [-0.1, -0.05) is 23.8 Å². The van der Waals surface area contributed by atoms with Crippen molar-refractivity contribution in [1.29, 1.82) is 0 Å². The summed E-state index contributed by atoms with van der Waals surface area (Å²) < 4.78 is 42.5. The second-order valence-corrected chi connectivity index (χ2v) is 4.28. The van der Waals surface area contributed by atoms with Crippen molar-refractivity contribution < 1.29 is 17.9 Å². The van der Waals surface area contributed by atoms with Crippen molar-refractivity contribution in [2.24, 2.45) is 0 Å². The molecule has 106 valence electrons. The maximum atomic E-state index is 12.5. The summed E-state index contributed by atoms with van der Waals surface area (Å²) in [6, 6.07) is 5.30.